The maximum atomic E-state index is 12.6. The molecule has 0 aromatic heterocycles. The second-order valence-corrected chi connectivity index (χ2v) is 6.15. The number of likely N-dealkylation sites (tertiary alicyclic amines) is 1. The monoisotopic (exact) mass is 302 g/mol. The Labute approximate surface area is 133 Å². The third-order valence-corrected chi connectivity index (χ3v) is 4.19. The zero-order valence-corrected chi connectivity index (χ0v) is 13.4. The average molecular weight is 302 g/mol. The molecule has 0 spiro atoms. The fourth-order valence-electron chi connectivity index (χ4n) is 3.07. The second kappa shape index (κ2) is 7.56. The zero-order chi connectivity index (χ0) is 16.0. The zero-order valence-electron chi connectivity index (χ0n) is 13.4. The number of carbonyl (C=O) groups is 1. The van der Waals surface area contributed by atoms with Crippen LogP contribution in [0.2, 0.25) is 0 Å². The molecule has 1 aromatic carbocycles. The third-order valence-electron chi connectivity index (χ3n) is 4.19. The molecule has 1 heterocycles. The van der Waals surface area contributed by atoms with Gasteiger partial charge < -0.3 is 10.0 Å². The van der Waals surface area contributed by atoms with Crippen LogP contribution in [0.5, 0.6) is 0 Å². The van der Waals surface area contributed by atoms with E-state index in [-0.39, 0.29) is 5.91 Å². The number of benzene rings is 1. The summed E-state index contributed by atoms with van der Waals surface area (Å²) in [5.74, 6) is -0.134. The summed E-state index contributed by atoms with van der Waals surface area (Å²) in [5.41, 5.74) is -0.0413. The third kappa shape index (κ3) is 4.18. The molecule has 0 saturated carbocycles. The second-order valence-electron chi connectivity index (χ2n) is 6.15. The van der Waals surface area contributed by atoms with Gasteiger partial charge in [-0.2, -0.15) is 0 Å². The maximum absolute atomic E-state index is 12.6. The predicted octanol–water partition coefficient (Wildman–Crippen LogP) is 1.70. The van der Waals surface area contributed by atoms with Gasteiger partial charge in [0, 0.05) is 26.2 Å². The van der Waals surface area contributed by atoms with Gasteiger partial charge in [-0.25, -0.2) is 0 Å². The first-order chi connectivity index (χ1) is 10.5. The van der Waals surface area contributed by atoms with Crippen molar-refractivity contribution in [1.29, 1.82) is 0 Å². The lowest BCUT2D eigenvalue weighted by atomic mass is 9.91. The standard InChI is InChI=1S/C18H26N2O2/c1-3-12-19(2)15-18(22)11-7-13-20(17(18)21)14-10-16-8-5-4-6-9-16/h3-6,8-9,22H,1,7,10-15H2,2H3/t18-/m0/s1. The maximum Gasteiger partial charge on any atom is 0.255 e. The van der Waals surface area contributed by atoms with E-state index in [0.29, 0.717) is 26.1 Å². The minimum atomic E-state index is -1.26. The molecule has 4 nitrogen and oxygen atoms in total. The van der Waals surface area contributed by atoms with Gasteiger partial charge in [0.25, 0.3) is 5.91 Å². The number of likely N-dealkylation sites (N-methyl/N-ethyl adjacent to an activating group) is 1. The number of hydrogen-bond donors (Lipinski definition) is 1. The Morgan fingerprint density at radius 2 is 2.14 bits per heavy atom. The number of hydrogen-bond acceptors (Lipinski definition) is 3. The lowest BCUT2D eigenvalue weighted by Crippen LogP contribution is -2.58. The van der Waals surface area contributed by atoms with E-state index in [0.717, 1.165) is 19.4 Å². The molecule has 0 aliphatic carbocycles. The highest BCUT2D eigenvalue weighted by Crippen LogP contribution is 2.24. The molecule has 1 aliphatic heterocycles. The molecule has 1 amide bonds. The normalized spacial score (nSPS) is 22.1. The summed E-state index contributed by atoms with van der Waals surface area (Å²) in [4.78, 5) is 16.4. The molecule has 1 aliphatic rings. The highest BCUT2D eigenvalue weighted by Gasteiger charge is 2.42. The van der Waals surface area contributed by atoms with Gasteiger partial charge in [0.05, 0.1) is 0 Å². The highest BCUT2D eigenvalue weighted by molar-refractivity contribution is 5.86. The van der Waals surface area contributed by atoms with Crippen molar-refractivity contribution >= 4 is 5.91 Å². The molecule has 0 radical (unpaired) electrons. The highest BCUT2D eigenvalue weighted by atomic mass is 16.3. The Morgan fingerprint density at radius 3 is 2.82 bits per heavy atom. The first-order valence-corrected chi connectivity index (χ1v) is 7.90. The van der Waals surface area contributed by atoms with Gasteiger partial charge in [-0.05, 0) is 31.9 Å². The van der Waals surface area contributed by atoms with E-state index in [1.54, 1.807) is 11.0 Å². The van der Waals surface area contributed by atoms with Gasteiger partial charge in [-0.15, -0.1) is 6.58 Å². The first kappa shape index (κ1) is 16.7. The van der Waals surface area contributed by atoms with E-state index in [1.165, 1.54) is 5.56 Å². The van der Waals surface area contributed by atoms with Crippen LogP contribution in [0.3, 0.4) is 0 Å². The van der Waals surface area contributed by atoms with Crippen LogP contribution in [-0.4, -0.2) is 59.6 Å². The molecule has 1 fully saturated rings. The van der Waals surface area contributed by atoms with Crippen LogP contribution in [0.4, 0.5) is 0 Å². The summed E-state index contributed by atoms with van der Waals surface area (Å²) in [6.45, 7) is 6.12. The summed E-state index contributed by atoms with van der Waals surface area (Å²) in [6.07, 6.45) is 3.99. The Kier molecular flexibility index (Phi) is 5.75. The van der Waals surface area contributed by atoms with Gasteiger partial charge in [0.1, 0.15) is 0 Å². The van der Waals surface area contributed by atoms with E-state index in [4.69, 9.17) is 0 Å². The van der Waals surface area contributed by atoms with Crippen molar-refractivity contribution in [3.63, 3.8) is 0 Å². The van der Waals surface area contributed by atoms with Crippen molar-refractivity contribution in [3.8, 4) is 0 Å². The Bertz CT molecular complexity index is 503. The summed E-state index contributed by atoms with van der Waals surface area (Å²) >= 11 is 0. The molecule has 4 heteroatoms. The minimum Gasteiger partial charge on any atom is -0.379 e. The summed E-state index contributed by atoms with van der Waals surface area (Å²) in [6, 6.07) is 10.1. The lowest BCUT2D eigenvalue weighted by Gasteiger charge is -2.40. The fraction of sp³-hybridized carbons (Fsp3) is 0.500. The van der Waals surface area contributed by atoms with Crippen LogP contribution in [0.1, 0.15) is 18.4 Å². The molecule has 1 N–H and O–H groups in total. The van der Waals surface area contributed by atoms with Crippen molar-refractivity contribution in [2.24, 2.45) is 0 Å². The largest absolute Gasteiger partial charge is 0.379 e. The summed E-state index contributed by atoms with van der Waals surface area (Å²) in [5, 5.41) is 10.7. The van der Waals surface area contributed by atoms with E-state index in [1.807, 2.05) is 30.1 Å². The molecule has 120 valence electrons. The van der Waals surface area contributed by atoms with Gasteiger partial charge in [0.15, 0.2) is 5.60 Å². The molecule has 0 unspecified atom stereocenters. The van der Waals surface area contributed by atoms with E-state index < -0.39 is 5.60 Å². The average Bonchev–Trinajstić information content (AvgIpc) is 2.50. The number of rotatable bonds is 7. The van der Waals surface area contributed by atoms with Crippen LogP contribution >= 0.6 is 0 Å². The van der Waals surface area contributed by atoms with Gasteiger partial charge >= 0.3 is 0 Å². The fourth-order valence-corrected chi connectivity index (χ4v) is 3.07. The quantitative estimate of drug-likeness (QED) is 0.780. The van der Waals surface area contributed by atoms with Crippen molar-refractivity contribution in [3.05, 3.63) is 48.6 Å². The number of amides is 1. The molecule has 2 rings (SSSR count). The molecule has 1 atom stereocenters. The number of piperidine rings is 1. The smallest absolute Gasteiger partial charge is 0.255 e. The van der Waals surface area contributed by atoms with E-state index in [2.05, 4.69) is 18.7 Å². The minimum absolute atomic E-state index is 0.134. The van der Waals surface area contributed by atoms with E-state index >= 15 is 0 Å². The predicted molar refractivity (Wildman–Crippen MR) is 88.6 cm³/mol. The Morgan fingerprint density at radius 1 is 1.41 bits per heavy atom. The molecular weight excluding hydrogens is 276 g/mol. The van der Waals surface area contributed by atoms with Gasteiger partial charge in [0.2, 0.25) is 0 Å². The van der Waals surface area contributed by atoms with Crippen molar-refractivity contribution in [1.82, 2.24) is 9.80 Å². The Hall–Kier alpha value is -1.65. The SMILES string of the molecule is C=CCN(C)C[C@@]1(O)CCCN(CCc2ccccc2)C1=O. The number of nitrogens with zero attached hydrogens (tertiary/aromatic N) is 2. The van der Waals surface area contributed by atoms with Crippen LogP contribution in [-0.2, 0) is 11.2 Å². The lowest BCUT2D eigenvalue weighted by molar-refractivity contribution is -0.158. The molecule has 1 aromatic rings. The first-order valence-electron chi connectivity index (χ1n) is 7.90. The Balaban J connectivity index is 1.95. The molecular formula is C18H26N2O2. The molecule has 22 heavy (non-hydrogen) atoms. The summed E-state index contributed by atoms with van der Waals surface area (Å²) < 4.78 is 0. The van der Waals surface area contributed by atoms with Crippen LogP contribution in [0, 0.1) is 0 Å². The van der Waals surface area contributed by atoms with Crippen LogP contribution in [0.15, 0.2) is 43.0 Å². The van der Waals surface area contributed by atoms with Gasteiger partial charge in [-0.3, -0.25) is 9.69 Å². The molecule has 0 bridgehead atoms. The summed E-state index contributed by atoms with van der Waals surface area (Å²) in [7, 11) is 1.90. The van der Waals surface area contributed by atoms with Crippen molar-refractivity contribution in [2.75, 3.05) is 33.2 Å². The number of aliphatic hydroxyl groups is 1. The van der Waals surface area contributed by atoms with E-state index in [9.17, 15) is 9.90 Å². The van der Waals surface area contributed by atoms with Crippen molar-refractivity contribution < 1.29 is 9.90 Å². The van der Waals surface area contributed by atoms with Gasteiger partial charge in [-0.1, -0.05) is 36.4 Å². The van der Waals surface area contributed by atoms with Crippen molar-refractivity contribution in [2.45, 2.75) is 24.9 Å². The van der Waals surface area contributed by atoms with Crippen LogP contribution < -0.4 is 0 Å². The van der Waals surface area contributed by atoms with Crippen LogP contribution in [0.25, 0.3) is 0 Å². The topological polar surface area (TPSA) is 43.8 Å². The molecule has 1 saturated heterocycles. The number of carbonyl (C=O) groups excluding carboxylic acids is 1.